The summed E-state index contributed by atoms with van der Waals surface area (Å²) in [5.41, 5.74) is 23.8. The van der Waals surface area contributed by atoms with Crippen LogP contribution in [0, 0.1) is 20.8 Å². The molecule has 0 bridgehead atoms. The van der Waals surface area contributed by atoms with E-state index in [0.29, 0.717) is 0 Å². The van der Waals surface area contributed by atoms with Crippen molar-refractivity contribution < 1.29 is 0 Å². The second kappa shape index (κ2) is 18.0. The maximum atomic E-state index is 5.14. The largest absolute Gasteiger partial charge is 0.309 e. The lowest BCUT2D eigenvalue weighted by Gasteiger charge is -2.13. The summed E-state index contributed by atoms with van der Waals surface area (Å²) in [6, 6.07) is 92.9. The molecule has 0 saturated carbocycles. The van der Waals surface area contributed by atoms with Crippen LogP contribution in [0.4, 0.5) is 0 Å². The van der Waals surface area contributed by atoms with Gasteiger partial charge in [0.25, 0.3) is 0 Å². The van der Waals surface area contributed by atoms with Gasteiger partial charge in [0.1, 0.15) is 0 Å². The minimum Gasteiger partial charge on any atom is -0.309 e. The lowest BCUT2D eigenvalue weighted by molar-refractivity contribution is 1.16. The molecule has 0 unspecified atom stereocenters. The van der Waals surface area contributed by atoms with E-state index in [0.717, 1.165) is 67.6 Å². The zero-order chi connectivity index (χ0) is 52.0. The Morgan fingerprint density at radius 2 is 0.615 bits per heavy atom. The second-order valence-corrected chi connectivity index (χ2v) is 20.8. The highest BCUT2D eigenvalue weighted by Crippen LogP contribution is 2.41. The predicted molar refractivity (Wildman–Crippen MR) is 326 cm³/mol. The molecule has 11 aromatic carbocycles. The third kappa shape index (κ3) is 7.46. The summed E-state index contributed by atoms with van der Waals surface area (Å²) < 4.78 is 7.28. The van der Waals surface area contributed by atoms with E-state index in [9.17, 15) is 0 Å². The molecule has 4 aromatic heterocycles. The average molecular weight is 998 g/mol. The monoisotopic (exact) mass is 997 g/mol. The van der Waals surface area contributed by atoms with Crippen molar-refractivity contribution in [1.82, 2.24) is 23.7 Å². The van der Waals surface area contributed by atoms with E-state index in [1.54, 1.807) is 0 Å². The zero-order valence-electron chi connectivity index (χ0n) is 43.5. The Morgan fingerprint density at radius 1 is 0.256 bits per heavy atom. The van der Waals surface area contributed by atoms with Crippen LogP contribution in [0.15, 0.2) is 255 Å². The molecular formula is C73H51N5. The SMILES string of the molecule is Cc1ccc(-c2cc(-c3ccc(-c4ccc(-c5ccc(-n6c7ccc(-n8c9ccccc9c9ccccc98)cc7c7cc(-n8c9ccccc9c9ccccc98)ccc76)cc5)cc4)c(C)c3)nc(-c3ccc(C)cc3)n2)cc1. The molecule has 0 fully saturated rings. The molecule has 5 nitrogen and oxygen atoms in total. The van der Waals surface area contributed by atoms with Gasteiger partial charge in [-0.05, 0) is 134 Å². The van der Waals surface area contributed by atoms with Crippen LogP contribution < -0.4 is 0 Å². The number of aryl methyl sites for hydroxylation is 3. The van der Waals surface area contributed by atoms with Crippen LogP contribution in [-0.4, -0.2) is 23.7 Å². The maximum absolute atomic E-state index is 5.14. The fourth-order valence-corrected chi connectivity index (χ4v) is 12.0. The van der Waals surface area contributed by atoms with E-state index < -0.39 is 0 Å². The van der Waals surface area contributed by atoms with Crippen LogP contribution in [0.2, 0.25) is 0 Å². The van der Waals surface area contributed by atoms with Crippen molar-refractivity contribution in [3.8, 4) is 73.2 Å². The molecule has 0 atom stereocenters. The van der Waals surface area contributed by atoms with Gasteiger partial charge in [-0.3, -0.25) is 0 Å². The summed E-state index contributed by atoms with van der Waals surface area (Å²) in [6.07, 6.45) is 0. The Hall–Kier alpha value is -10.1. The van der Waals surface area contributed by atoms with Gasteiger partial charge in [0, 0.05) is 66.1 Å². The average Bonchev–Trinajstić information content (AvgIpc) is 4.28. The quantitative estimate of drug-likeness (QED) is 0.152. The molecule has 0 amide bonds. The lowest BCUT2D eigenvalue weighted by Crippen LogP contribution is -1.96. The van der Waals surface area contributed by atoms with Gasteiger partial charge < -0.3 is 13.7 Å². The molecule has 0 N–H and O–H groups in total. The van der Waals surface area contributed by atoms with E-state index in [1.807, 2.05) is 0 Å². The van der Waals surface area contributed by atoms with Crippen LogP contribution >= 0.6 is 0 Å². The van der Waals surface area contributed by atoms with Crippen molar-refractivity contribution >= 4 is 65.4 Å². The van der Waals surface area contributed by atoms with Crippen LogP contribution in [0.1, 0.15) is 16.7 Å². The highest BCUT2D eigenvalue weighted by molar-refractivity contribution is 6.14. The number of benzene rings is 11. The van der Waals surface area contributed by atoms with Crippen molar-refractivity contribution in [2.45, 2.75) is 20.8 Å². The zero-order valence-corrected chi connectivity index (χ0v) is 43.5. The number of nitrogens with zero attached hydrogens (tertiary/aromatic N) is 5. The van der Waals surface area contributed by atoms with E-state index in [-0.39, 0.29) is 0 Å². The molecular weight excluding hydrogens is 947 g/mol. The van der Waals surface area contributed by atoms with Gasteiger partial charge in [-0.15, -0.1) is 0 Å². The highest BCUT2D eigenvalue weighted by atomic mass is 15.0. The Balaban J connectivity index is 0.790. The molecule has 15 rings (SSSR count). The van der Waals surface area contributed by atoms with E-state index in [1.165, 1.54) is 87.8 Å². The molecule has 0 saturated heterocycles. The van der Waals surface area contributed by atoms with Gasteiger partial charge in [0.15, 0.2) is 5.82 Å². The normalized spacial score (nSPS) is 11.8. The summed E-state index contributed by atoms with van der Waals surface area (Å²) in [5, 5.41) is 7.41. The number of rotatable bonds is 8. The molecule has 4 heterocycles. The summed E-state index contributed by atoms with van der Waals surface area (Å²) in [7, 11) is 0. The van der Waals surface area contributed by atoms with Crippen LogP contribution in [0.25, 0.3) is 139 Å². The molecule has 0 spiro atoms. The first-order valence-electron chi connectivity index (χ1n) is 26.8. The van der Waals surface area contributed by atoms with Crippen LogP contribution in [0.3, 0.4) is 0 Å². The van der Waals surface area contributed by atoms with Gasteiger partial charge in [0.05, 0.1) is 44.5 Å². The minimum atomic E-state index is 0.721. The topological polar surface area (TPSA) is 40.6 Å². The standard InChI is InChI=1S/C73H51N5/c1-46-20-24-52(25-21-46)65-45-66(75-73(74-65)53-26-22-47(2)23-27-53)54-34-39-58(48(3)42-54)51-30-28-49(29-31-51)50-32-35-55(36-33-50)76-71-40-37-56(77-67-16-8-4-12-59(67)60-13-5-9-17-68(60)77)43-63(71)64-44-57(38-41-72(64)76)78-69-18-10-6-14-61(69)62-15-7-11-19-70(62)78/h4-45H,1-3H3. The van der Waals surface area contributed by atoms with Gasteiger partial charge >= 0.3 is 0 Å². The summed E-state index contributed by atoms with van der Waals surface area (Å²) in [5.74, 6) is 0.721. The van der Waals surface area contributed by atoms with E-state index in [4.69, 9.17) is 9.97 Å². The number of aromatic nitrogens is 5. The summed E-state index contributed by atoms with van der Waals surface area (Å²) in [4.78, 5) is 10.2. The molecule has 5 heteroatoms. The lowest BCUT2D eigenvalue weighted by atomic mass is 9.95. The highest BCUT2D eigenvalue weighted by Gasteiger charge is 2.20. The number of hydrogen-bond donors (Lipinski definition) is 0. The predicted octanol–water partition coefficient (Wildman–Crippen LogP) is 19.0. The fraction of sp³-hybridized carbons (Fsp3) is 0.0411. The number of para-hydroxylation sites is 4. The molecule has 0 radical (unpaired) electrons. The van der Waals surface area contributed by atoms with Crippen LogP contribution in [-0.2, 0) is 0 Å². The van der Waals surface area contributed by atoms with Crippen molar-refractivity contribution in [2.75, 3.05) is 0 Å². The molecule has 78 heavy (non-hydrogen) atoms. The third-order valence-electron chi connectivity index (χ3n) is 16.0. The van der Waals surface area contributed by atoms with E-state index >= 15 is 0 Å². The fourth-order valence-electron chi connectivity index (χ4n) is 12.0. The van der Waals surface area contributed by atoms with Crippen molar-refractivity contribution in [2.24, 2.45) is 0 Å². The van der Waals surface area contributed by atoms with Crippen LogP contribution in [0.5, 0.6) is 0 Å². The third-order valence-corrected chi connectivity index (χ3v) is 16.0. The number of fused-ring (bicyclic) bond motifs is 9. The summed E-state index contributed by atoms with van der Waals surface area (Å²) in [6.45, 7) is 6.41. The van der Waals surface area contributed by atoms with Gasteiger partial charge in [-0.1, -0.05) is 181 Å². The Bertz CT molecular complexity index is 4500. The van der Waals surface area contributed by atoms with E-state index in [2.05, 4.69) is 289 Å². The molecule has 368 valence electrons. The minimum absolute atomic E-state index is 0.721. The summed E-state index contributed by atoms with van der Waals surface area (Å²) >= 11 is 0. The Morgan fingerprint density at radius 3 is 1.09 bits per heavy atom. The van der Waals surface area contributed by atoms with Crippen molar-refractivity contribution in [3.05, 3.63) is 271 Å². The maximum Gasteiger partial charge on any atom is 0.160 e. The first-order chi connectivity index (χ1) is 38.4. The molecule has 0 aliphatic rings. The van der Waals surface area contributed by atoms with Gasteiger partial charge in [-0.2, -0.15) is 0 Å². The second-order valence-electron chi connectivity index (χ2n) is 20.8. The van der Waals surface area contributed by atoms with Gasteiger partial charge in [-0.25, -0.2) is 9.97 Å². The van der Waals surface area contributed by atoms with Crippen molar-refractivity contribution in [3.63, 3.8) is 0 Å². The smallest absolute Gasteiger partial charge is 0.160 e. The number of hydrogen-bond acceptors (Lipinski definition) is 2. The molecule has 0 aliphatic carbocycles. The Kier molecular flexibility index (Phi) is 10.5. The Labute approximate surface area is 452 Å². The first-order valence-corrected chi connectivity index (χ1v) is 26.8. The van der Waals surface area contributed by atoms with Gasteiger partial charge in [0.2, 0.25) is 0 Å². The first kappa shape index (κ1) is 45.3. The molecule has 0 aliphatic heterocycles. The molecule has 15 aromatic rings. The van der Waals surface area contributed by atoms with Crippen molar-refractivity contribution in [1.29, 1.82) is 0 Å².